The number of hydrogen-bond donors (Lipinski definition) is 1. The summed E-state index contributed by atoms with van der Waals surface area (Å²) in [5, 5.41) is 15.0. The van der Waals surface area contributed by atoms with Crippen LogP contribution in [0.3, 0.4) is 0 Å². The number of benzene rings is 3. The molecule has 1 amide bonds. The fourth-order valence-corrected chi connectivity index (χ4v) is 4.67. The summed E-state index contributed by atoms with van der Waals surface area (Å²) in [5.74, 6) is -6.28. The van der Waals surface area contributed by atoms with E-state index >= 15 is 0 Å². The van der Waals surface area contributed by atoms with Crippen molar-refractivity contribution in [1.82, 2.24) is 14.7 Å². The molecule has 0 spiro atoms. The molecule has 0 aliphatic rings. The smallest absolute Gasteiger partial charge is 0.307 e. The Kier molecular flexibility index (Phi) is 8.04. The van der Waals surface area contributed by atoms with Crippen molar-refractivity contribution >= 4 is 35.1 Å². The first-order valence-corrected chi connectivity index (χ1v) is 12.4. The minimum absolute atomic E-state index is 0.0468. The van der Waals surface area contributed by atoms with Crippen LogP contribution in [-0.2, 0) is 11.2 Å². The van der Waals surface area contributed by atoms with E-state index in [4.69, 9.17) is 23.2 Å². The van der Waals surface area contributed by atoms with Crippen LogP contribution >= 0.6 is 23.2 Å². The monoisotopic (exact) mass is 575 g/mol. The van der Waals surface area contributed by atoms with E-state index in [2.05, 4.69) is 5.10 Å². The average molecular weight is 576 g/mol. The molecule has 3 aromatic carbocycles. The number of amides is 1. The molecule has 4 rings (SSSR count). The van der Waals surface area contributed by atoms with Crippen molar-refractivity contribution in [2.75, 3.05) is 7.05 Å². The topological polar surface area (TPSA) is 75.4 Å². The van der Waals surface area contributed by atoms with Gasteiger partial charge >= 0.3 is 5.97 Å². The van der Waals surface area contributed by atoms with Crippen molar-refractivity contribution in [2.45, 2.75) is 26.3 Å². The lowest BCUT2D eigenvalue weighted by atomic mass is 9.99. The third-order valence-corrected chi connectivity index (χ3v) is 7.08. The van der Waals surface area contributed by atoms with E-state index in [0.29, 0.717) is 27.0 Å². The molecule has 0 unspecified atom stereocenters. The van der Waals surface area contributed by atoms with Gasteiger partial charge in [-0.2, -0.15) is 5.10 Å². The zero-order valence-corrected chi connectivity index (χ0v) is 22.5. The number of nitrogens with zero attached hydrogens (tertiary/aromatic N) is 3. The average Bonchev–Trinajstić information content (AvgIpc) is 3.27. The quantitative estimate of drug-likeness (QED) is 0.240. The standard InChI is InChI=1S/C28H22Cl2F3N3O3/c1-14-18(12-21(31)25(33)24(14)32)15(2)35(3)28(39)26-19(13-23(37)38)27(16-8-10-17(29)11-9-16)36(34-26)22-7-5-4-6-20(22)30/h4-12,15H,13H2,1-3H3,(H,37,38)/t15-/m1/s1. The summed E-state index contributed by atoms with van der Waals surface area (Å²) in [6.07, 6.45) is -0.565. The Labute approximate surface area is 232 Å². The van der Waals surface area contributed by atoms with Gasteiger partial charge in [0.15, 0.2) is 23.1 Å². The molecule has 4 aromatic rings. The van der Waals surface area contributed by atoms with Gasteiger partial charge in [-0.1, -0.05) is 47.5 Å². The molecule has 202 valence electrons. The van der Waals surface area contributed by atoms with Crippen molar-refractivity contribution in [1.29, 1.82) is 0 Å². The van der Waals surface area contributed by atoms with Gasteiger partial charge in [-0.25, -0.2) is 17.9 Å². The molecule has 39 heavy (non-hydrogen) atoms. The van der Waals surface area contributed by atoms with Gasteiger partial charge in [0.25, 0.3) is 5.91 Å². The van der Waals surface area contributed by atoms with Gasteiger partial charge in [0.2, 0.25) is 0 Å². The Bertz CT molecular complexity index is 1590. The highest BCUT2D eigenvalue weighted by Crippen LogP contribution is 2.35. The molecule has 1 atom stereocenters. The number of carboxylic acid groups (broad SMARTS) is 1. The third-order valence-electron chi connectivity index (χ3n) is 6.51. The Balaban J connectivity index is 1.92. The Morgan fingerprint density at radius 2 is 1.69 bits per heavy atom. The van der Waals surface area contributed by atoms with Crippen LogP contribution in [0.5, 0.6) is 0 Å². The predicted molar refractivity (Wildman–Crippen MR) is 142 cm³/mol. The number of aliphatic carboxylic acids is 1. The van der Waals surface area contributed by atoms with Crippen molar-refractivity contribution in [3.8, 4) is 16.9 Å². The van der Waals surface area contributed by atoms with Gasteiger partial charge in [-0.15, -0.1) is 0 Å². The second kappa shape index (κ2) is 11.1. The van der Waals surface area contributed by atoms with Gasteiger partial charge in [-0.3, -0.25) is 9.59 Å². The molecule has 0 saturated heterocycles. The normalized spacial score (nSPS) is 11.9. The molecule has 0 aliphatic carbocycles. The van der Waals surface area contributed by atoms with Crippen LogP contribution in [0.2, 0.25) is 10.0 Å². The molecule has 1 aromatic heterocycles. The first-order valence-electron chi connectivity index (χ1n) is 11.7. The van der Waals surface area contributed by atoms with Crippen molar-refractivity contribution in [2.24, 2.45) is 0 Å². The van der Waals surface area contributed by atoms with E-state index in [1.165, 1.54) is 25.6 Å². The first kappa shape index (κ1) is 28.2. The minimum atomic E-state index is -1.60. The fourth-order valence-electron chi connectivity index (χ4n) is 4.33. The molecular formula is C28H22Cl2F3N3O3. The number of carbonyl (C=O) groups is 2. The molecule has 1 heterocycles. The second-order valence-electron chi connectivity index (χ2n) is 8.91. The summed E-state index contributed by atoms with van der Waals surface area (Å²) in [6.45, 7) is 2.79. The maximum atomic E-state index is 14.3. The van der Waals surface area contributed by atoms with Crippen molar-refractivity contribution < 1.29 is 27.9 Å². The Hall–Kier alpha value is -3.82. The van der Waals surface area contributed by atoms with E-state index < -0.39 is 41.8 Å². The summed E-state index contributed by atoms with van der Waals surface area (Å²) >= 11 is 12.5. The lowest BCUT2D eigenvalue weighted by molar-refractivity contribution is -0.136. The maximum absolute atomic E-state index is 14.3. The van der Waals surface area contributed by atoms with E-state index in [0.717, 1.165) is 11.0 Å². The zero-order chi connectivity index (χ0) is 28.6. The second-order valence-corrected chi connectivity index (χ2v) is 9.75. The minimum Gasteiger partial charge on any atom is -0.481 e. The van der Waals surface area contributed by atoms with Crippen LogP contribution in [-0.4, -0.2) is 38.7 Å². The molecule has 6 nitrogen and oxygen atoms in total. The molecule has 1 N–H and O–H groups in total. The lowest BCUT2D eigenvalue weighted by Crippen LogP contribution is -2.31. The van der Waals surface area contributed by atoms with Gasteiger partial charge in [0.1, 0.15) is 0 Å². The van der Waals surface area contributed by atoms with Crippen LogP contribution in [0.4, 0.5) is 13.2 Å². The lowest BCUT2D eigenvalue weighted by Gasteiger charge is -2.26. The number of aromatic nitrogens is 2. The van der Waals surface area contributed by atoms with E-state index in [1.54, 1.807) is 48.5 Å². The molecule has 0 radical (unpaired) electrons. The Morgan fingerprint density at radius 1 is 1.05 bits per heavy atom. The summed E-state index contributed by atoms with van der Waals surface area (Å²) in [7, 11) is 1.38. The van der Waals surface area contributed by atoms with E-state index in [1.807, 2.05) is 0 Å². The van der Waals surface area contributed by atoms with Gasteiger partial charge in [0, 0.05) is 23.2 Å². The SMILES string of the molecule is Cc1c([C@@H](C)N(C)C(=O)c2nn(-c3ccccc3Cl)c(-c3ccc(Cl)cc3)c2CC(=O)O)cc(F)c(F)c1F. The Morgan fingerprint density at radius 3 is 2.31 bits per heavy atom. The van der Waals surface area contributed by atoms with Gasteiger partial charge in [-0.05, 0) is 55.3 Å². The van der Waals surface area contributed by atoms with Crippen LogP contribution in [0.15, 0.2) is 54.6 Å². The van der Waals surface area contributed by atoms with Gasteiger partial charge in [0.05, 0.1) is 28.9 Å². The first-order chi connectivity index (χ1) is 18.4. The molecule has 0 bridgehead atoms. The molecule has 0 aliphatic heterocycles. The van der Waals surface area contributed by atoms with Crippen molar-refractivity contribution in [3.63, 3.8) is 0 Å². The summed E-state index contributed by atoms with van der Waals surface area (Å²) < 4.78 is 43.5. The summed E-state index contributed by atoms with van der Waals surface area (Å²) in [4.78, 5) is 26.9. The predicted octanol–water partition coefficient (Wildman–Crippen LogP) is 7.03. The number of rotatable bonds is 7. The highest BCUT2D eigenvalue weighted by Gasteiger charge is 2.31. The number of halogens is 5. The number of hydrogen-bond acceptors (Lipinski definition) is 3. The van der Waals surface area contributed by atoms with Crippen LogP contribution < -0.4 is 0 Å². The molecular weight excluding hydrogens is 554 g/mol. The van der Waals surface area contributed by atoms with Crippen LogP contribution in [0.1, 0.15) is 40.1 Å². The largest absolute Gasteiger partial charge is 0.481 e. The third kappa shape index (κ3) is 5.37. The van der Waals surface area contributed by atoms with Gasteiger partial charge < -0.3 is 10.0 Å². The molecule has 0 fully saturated rings. The van der Waals surface area contributed by atoms with Crippen molar-refractivity contribution in [3.05, 3.63) is 104 Å². The van der Waals surface area contributed by atoms with Crippen LogP contribution in [0, 0.1) is 24.4 Å². The number of carbonyl (C=O) groups excluding carboxylic acids is 1. The number of carboxylic acids is 1. The van der Waals surface area contributed by atoms with Crippen LogP contribution in [0.25, 0.3) is 16.9 Å². The summed E-state index contributed by atoms with van der Waals surface area (Å²) in [5.41, 5.74) is 1.02. The highest BCUT2D eigenvalue weighted by atomic mass is 35.5. The number of para-hydroxylation sites is 1. The fraction of sp³-hybridized carbons (Fsp3) is 0.179. The van der Waals surface area contributed by atoms with E-state index in [9.17, 15) is 27.9 Å². The zero-order valence-electron chi connectivity index (χ0n) is 21.0. The molecule has 11 heteroatoms. The van der Waals surface area contributed by atoms with E-state index in [-0.39, 0.29) is 22.4 Å². The highest BCUT2D eigenvalue weighted by molar-refractivity contribution is 6.32. The maximum Gasteiger partial charge on any atom is 0.307 e. The molecule has 0 saturated carbocycles. The summed E-state index contributed by atoms with van der Waals surface area (Å²) in [6, 6.07) is 13.2.